The lowest BCUT2D eigenvalue weighted by Crippen LogP contribution is -2.18. The van der Waals surface area contributed by atoms with Gasteiger partial charge in [0.15, 0.2) is 0 Å². The summed E-state index contributed by atoms with van der Waals surface area (Å²) in [5.74, 6) is 0.331. The van der Waals surface area contributed by atoms with Gasteiger partial charge in [-0.1, -0.05) is 194 Å². The fourth-order valence-electron chi connectivity index (χ4n) is 9.19. The second-order valence-electron chi connectivity index (χ2n) is 14.8. The molecule has 0 bridgehead atoms. The predicted molar refractivity (Wildman–Crippen MR) is 231 cm³/mol. The zero-order chi connectivity index (χ0) is 35.6. The molecule has 252 valence electrons. The van der Waals surface area contributed by atoms with E-state index in [0.717, 1.165) is 6.42 Å². The van der Waals surface area contributed by atoms with Crippen LogP contribution in [-0.4, -0.2) is 0 Å². The molecule has 0 heteroatoms. The number of hydrogen-bond donors (Lipinski definition) is 0. The summed E-state index contributed by atoms with van der Waals surface area (Å²) >= 11 is 0. The van der Waals surface area contributed by atoms with E-state index in [2.05, 4.69) is 200 Å². The van der Waals surface area contributed by atoms with Gasteiger partial charge in [-0.15, -0.1) is 0 Å². The molecule has 3 aliphatic carbocycles. The lowest BCUT2D eigenvalue weighted by Gasteiger charge is -2.34. The molecule has 0 saturated carbocycles. The van der Waals surface area contributed by atoms with Gasteiger partial charge in [0.1, 0.15) is 0 Å². The largest absolute Gasteiger partial charge is 0.0759 e. The number of fused-ring (bicyclic) bond motifs is 3. The van der Waals surface area contributed by atoms with E-state index in [0.29, 0.717) is 5.92 Å². The summed E-state index contributed by atoms with van der Waals surface area (Å²) in [4.78, 5) is 0. The Hall–Kier alpha value is -6.76. The zero-order valence-electron chi connectivity index (χ0n) is 29.8. The number of benzene rings is 8. The maximum Gasteiger partial charge on any atom is 0.0345 e. The molecule has 0 nitrogen and oxygen atoms in total. The summed E-state index contributed by atoms with van der Waals surface area (Å²) in [5.41, 5.74) is 17.2. The number of hydrogen-bond acceptors (Lipinski definition) is 0. The minimum atomic E-state index is 0.331. The van der Waals surface area contributed by atoms with Crippen LogP contribution >= 0.6 is 0 Å². The molecule has 8 aromatic rings. The molecule has 0 aliphatic heterocycles. The molecule has 0 fully saturated rings. The fourth-order valence-corrected chi connectivity index (χ4v) is 9.19. The van der Waals surface area contributed by atoms with Crippen LogP contribution < -0.4 is 0 Å². The van der Waals surface area contributed by atoms with Crippen LogP contribution in [0, 0.1) is 0 Å². The van der Waals surface area contributed by atoms with E-state index in [1.807, 2.05) is 0 Å². The standard InChI is InChI=1S/C54H36/c1-2-9-43-34-44(29-26-37(43)8-1)38-22-18-35(19-23-38)16-17-36-20-24-41(25-21-36)52-45-12-3-5-14-47(45)54(48-15-6-4-13-46(48)52)50-33-31-42-28-27-39-10-7-11-40-30-32-49(50)53(42)51(39)40/h1-31,33-34,51H,32H2. The molecular formula is C54H36. The SMILES string of the molecule is C1=CC2=CCc3c(-c4c5ccccc5c(-c5ccc(C=Cc6ccc(-c7ccc8ccccc8c7)cc6)cc5)c5ccccc45)ccc4c3C2C(=C1)C=C4. The maximum atomic E-state index is 2.46. The number of allylic oxidation sites excluding steroid dienone is 7. The van der Waals surface area contributed by atoms with Crippen molar-refractivity contribution in [3.63, 3.8) is 0 Å². The Balaban J connectivity index is 0.958. The van der Waals surface area contributed by atoms with Crippen LogP contribution in [-0.2, 0) is 6.42 Å². The molecule has 0 spiro atoms. The van der Waals surface area contributed by atoms with Gasteiger partial charge in [0.2, 0.25) is 0 Å². The van der Waals surface area contributed by atoms with Crippen LogP contribution in [0.15, 0.2) is 193 Å². The molecule has 11 rings (SSSR count). The van der Waals surface area contributed by atoms with Crippen molar-refractivity contribution in [2.45, 2.75) is 12.3 Å². The first-order chi connectivity index (χ1) is 26.8. The van der Waals surface area contributed by atoms with Crippen LogP contribution in [0.2, 0.25) is 0 Å². The molecule has 0 amide bonds. The molecule has 1 atom stereocenters. The van der Waals surface area contributed by atoms with Gasteiger partial charge in [-0.2, -0.15) is 0 Å². The van der Waals surface area contributed by atoms with Crippen LogP contribution in [0.4, 0.5) is 0 Å². The van der Waals surface area contributed by atoms with Crippen molar-refractivity contribution in [3.05, 3.63) is 221 Å². The molecule has 0 N–H and O–H groups in total. The minimum Gasteiger partial charge on any atom is -0.0759 e. The third-order valence-electron chi connectivity index (χ3n) is 11.8. The highest BCUT2D eigenvalue weighted by atomic mass is 14.4. The highest BCUT2D eigenvalue weighted by Crippen LogP contribution is 2.51. The molecule has 3 aliphatic rings. The lowest BCUT2D eigenvalue weighted by molar-refractivity contribution is 0.894. The first kappa shape index (κ1) is 30.8. The van der Waals surface area contributed by atoms with Crippen molar-refractivity contribution in [1.82, 2.24) is 0 Å². The van der Waals surface area contributed by atoms with Crippen molar-refractivity contribution in [1.29, 1.82) is 0 Å². The Bertz CT molecular complexity index is 2920. The van der Waals surface area contributed by atoms with Gasteiger partial charge >= 0.3 is 0 Å². The highest BCUT2D eigenvalue weighted by Gasteiger charge is 2.32. The van der Waals surface area contributed by atoms with E-state index in [4.69, 9.17) is 0 Å². The Labute approximate surface area is 316 Å². The van der Waals surface area contributed by atoms with Gasteiger partial charge in [0.05, 0.1) is 0 Å². The van der Waals surface area contributed by atoms with Gasteiger partial charge in [-0.3, -0.25) is 0 Å². The van der Waals surface area contributed by atoms with Gasteiger partial charge in [-0.05, 0) is 117 Å². The fraction of sp³-hybridized carbons (Fsp3) is 0.0370. The molecular weight excluding hydrogens is 649 g/mol. The molecule has 54 heavy (non-hydrogen) atoms. The average molecular weight is 685 g/mol. The summed E-state index contributed by atoms with van der Waals surface area (Å²) in [6.07, 6.45) is 19.2. The van der Waals surface area contributed by atoms with E-state index in [-0.39, 0.29) is 0 Å². The topological polar surface area (TPSA) is 0 Å². The molecule has 8 aromatic carbocycles. The summed E-state index contributed by atoms with van der Waals surface area (Å²) in [7, 11) is 0. The second kappa shape index (κ2) is 12.4. The lowest BCUT2D eigenvalue weighted by atomic mass is 9.69. The minimum absolute atomic E-state index is 0.331. The summed E-state index contributed by atoms with van der Waals surface area (Å²) in [6.45, 7) is 0. The smallest absolute Gasteiger partial charge is 0.0345 e. The third kappa shape index (κ3) is 4.99. The van der Waals surface area contributed by atoms with Gasteiger partial charge in [-0.25, -0.2) is 0 Å². The van der Waals surface area contributed by atoms with Crippen LogP contribution in [0.1, 0.15) is 33.7 Å². The Morgan fingerprint density at radius 1 is 0.463 bits per heavy atom. The second-order valence-corrected chi connectivity index (χ2v) is 14.8. The molecule has 0 saturated heterocycles. The van der Waals surface area contributed by atoms with Gasteiger partial charge in [0.25, 0.3) is 0 Å². The van der Waals surface area contributed by atoms with Crippen molar-refractivity contribution in [3.8, 4) is 33.4 Å². The Kier molecular flexibility index (Phi) is 7.10. The van der Waals surface area contributed by atoms with Crippen molar-refractivity contribution >= 4 is 50.5 Å². The number of rotatable bonds is 5. The van der Waals surface area contributed by atoms with E-state index in [1.165, 1.54) is 105 Å². The predicted octanol–water partition coefficient (Wildman–Crippen LogP) is 14.4. The van der Waals surface area contributed by atoms with E-state index >= 15 is 0 Å². The Morgan fingerprint density at radius 3 is 1.78 bits per heavy atom. The quantitative estimate of drug-likeness (QED) is 0.125. The highest BCUT2D eigenvalue weighted by molar-refractivity contribution is 6.21. The van der Waals surface area contributed by atoms with Crippen LogP contribution in [0.25, 0.3) is 83.9 Å². The first-order valence-electron chi connectivity index (χ1n) is 19.0. The molecule has 0 heterocycles. The van der Waals surface area contributed by atoms with Gasteiger partial charge in [0, 0.05) is 5.92 Å². The zero-order valence-corrected chi connectivity index (χ0v) is 29.8. The van der Waals surface area contributed by atoms with E-state index in [9.17, 15) is 0 Å². The summed E-state index contributed by atoms with van der Waals surface area (Å²) in [5, 5.41) is 7.73. The normalized spacial score (nSPS) is 15.5. The maximum absolute atomic E-state index is 2.46. The first-order valence-corrected chi connectivity index (χ1v) is 19.0. The van der Waals surface area contributed by atoms with Gasteiger partial charge < -0.3 is 0 Å². The molecule has 0 radical (unpaired) electrons. The van der Waals surface area contributed by atoms with Crippen LogP contribution in [0.5, 0.6) is 0 Å². The van der Waals surface area contributed by atoms with E-state index < -0.39 is 0 Å². The van der Waals surface area contributed by atoms with Crippen molar-refractivity contribution < 1.29 is 0 Å². The van der Waals surface area contributed by atoms with Crippen molar-refractivity contribution in [2.75, 3.05) is 0 Å². The summed E-state index contributed by atoms with van der Waals surface area (Å²) < 4.78 is 0. The van der Waals surface area contributed by atoms with E-state index in [1.54, 1.807) is 0 Å². The Morgan fingerprint density at radius 2 is 1.07 bits per heavy atom. The molecule has 0 aromatic heterocycles. The third-order valence-corrected chi connectivity index (χ3v) is 11.8. The monoisotopic (exact) mass is 684 g/mol. The average Bonchev–Trinajstić information content (AvgIpc) is 3.24. The van der Waals surface area contributed by atoms with Crippen molar-refractivity contribution in [2.24, 2.45) is 0 Å². The summed E-state index contributed by atoms with van der Waals surface area (Å²) in [6, 6.07) is 56.0. The van der Waals surface area contributed by atoms with Crippen LogP contribution in [0.3, 0.4) is 0 Å². The molecule has 1 unspecified atom stereocenters.